The van der Waals surface area contributed by atoms with Crippen LogP contribution < -0.4 is 19.8 Å². The summed E-state index contributed by atoms with van der Waals surface area (Å²) in [5, 5.41) is 19.1. The molecule has 37 heavy (non-hydrogen) atoms. The average molecular weight is 505 g/mol. The average Bonchev–Trinajstić information content (AvgIpc) is 2.92. The molecule has 0 amide bonds. The van der Waals surface area contributed by atoms with Crippen molar-refractivity contribution in [3.8, 4) is 28.4 Å². The highest BCUT2D eigenvalue weighted by Crippen LogP contribution is 2.33. The van der Waals surface area contributed by atoms with E-state index in [0.29, 0.717) is 33.8 Å². The second-order valence-corrected chi connectivity index (χ2v) is 8.61. The van der Waals surface area contributed by atoms with Crippen LogP contribution in [0.15, 0.2) is 69.9 Å². The lowest BCUT2D eigenvalue weighted by molar-refractivity contribution is 0.0534. The number of aliphatic hydroxyl groups excluding tert-OH is 2. The van der Waals surface area contributed by atoms with Crippen molar-refractivity contribution in [1.82, 2.24) is 0 Å². The number of methoxy groups -OCH3 is 2. The van der Waals surface area contributed by atoms with Crippen LogP contribution in [0.25, 0.3) is 22.1 Å². The Labute approximate surface area is 213 Å². The molecule has 1 atom stereocenters. The van der Waals surface area contributed by atoms with E-state index in [0.717, 1.165) is 16.7 Å². The minimum Gasteiger partial charge on any atom is -0.497 e. The van der Waals surface area contributed by atoms with Gasteiger partial charge in [-0.3, -0.25) is 4.79 Å². The number of ether oxygens (including phenoxy) is 3. The van der Waals surface area contributed by atoms with E-state index in [1.165, 1.54) is 0 Å². The van der Waals surface area contributed by atoms with E-state index in [1.807, 2.05) is 31.2 Å². The molecule has 1 unspecified atom stereocenters. The molecule has 0 saturated heterocycles. The fraction of sp³-hybridized carbons (Fsp3) is 0.241. The molecule has 8 heteroatoms. The molecule has 0 bridgehead atoms. The van der Waals surface area contributed by atoms with Crippen LogP contribution in [0.2, 0.25) is 0 Å². The molecule has 0 aliphatic rings. The number of carbonyl (C=O) groups is 1. The lowest BCUT2D eigenvalue weighted by Gasteiger charge is -2.13. The van der Waals surface area contributed by atoms with Gasteiger partial charge >= 0.3 is 5.63 Å². The highest BCUT2D eigenvalue weighted by Gasteiger charge is 2.17. The molecular weight excluding hydrogens is 476 g/mol. The zero-order valence-electron chi connectivity index (χ0n) is 20.8. The molecule has 8 nitrogen and oxygen atoms in total. The Kier molecular flexibility index (Phi) is 7.91. The second-order valence-electron chi connectivity index (χ2n) is 8.61. The normalized spacial score (nSPS) is 11.8. The van der Waals surface area contributed by atoms with E-state index >= 15 is 0 Å². The number of rotatable bonds is 10. The summed E-state index contributed by atoms with van der Waals surface area (Å²) in [5.41, 5.74) is 2.66. The Balaban J connectivity index is 1.62. The zero-order valence-corrected chi connectivity index (χ0v) is 20.8. The number of benzene rings is 3. The first-order chi connectivity index (χ1) is 17.8. The number of Topliss-reactive ketones (excluding diaryl/α,β-unsaturated/α-hetero) is 1. The fourth-order valence-electron chi connectivity index (χ4n) is 4.00. The fourth-order valence-corrected chi connectivity index (χ4v) is 4.00. The first-order valence-electron chi connectivity index (χ1n) is 11.7. The van der Waals surface area contributed by atoms with Crippen LogP contribution in [0.3, 0.4) is 0 Å². The van der Waals surface area contributed by atoms with E-state index in [2.05, 4.69) is 0 Å². The molecule has 1 aromatic heterocycles. The third kappa shape index (κ3) is 5.82. The Morgan fingerprint density at radius 2 is 1.81 bits per heavy atom. The molecule has 3 aromatic carbocycles. The third-order valence-corrected chi connectivity index (χ3v) is 6.00. The van der Waals surface area contributed by atoms with Crippen molar-refractivity contribution < 1.29 is 33.6 Å². The molecule has 0 aliphatic carbocycles. The molecule has 0 aliphatic heterocycles. The molecule has 0 radical (unpaired) electrons. The molecule has 4 aromatic rings. The van der Waals surface area contributed by atoms with Crippen molar-refractivity contribution in [2.45, 2.75) is 19.4 Å². The predicted octanol–water partition coefficient (Wildman–Crippen LogP) is 3.94. The summed E-state index contributed by atoms with van der Waals surface area (Å²) in [7, 11) is 3.15. The lowest BCUT2D eigenvalue weighted by Crippen LogP contribution is -2.21. The number of hydrogen-bond donors (Lipinski definition) is 2. The number of hydrogen-bond acceptors (Lipinski definition) is 8. The molecule has 0 fully saturated rings. The standard InChI is InChI=1S/C29H28O8/c1-17-9-20-10-21(29(33)37-28(20)14-27(17)36-16-22(31)15-30)13-25(32)19-7-8-26(35-3)24(12-19)18-5-4-6-23(11-18)34-2/h4-12,14,22,30-31H,13,15-16H2,1-3H3. The van der Waals surface area contributed by atoms with Crippen LogP contribution in [-0.4, -0.2) is 49.5 Å². The second kappa shape index (κ2) is 11.3. The molecule has 192 valence electrons. The quantitative estimate of drug-likeness (QED) is 0.247. The summed E-state index contributed by atoms with van der Waals surface area (Å²) in [6, 6.07) is 17.6. The van der Waals surface area contributed by atoms with Gasteiger partial charge in [0.05, 0.1) is 20.8 Å². The maximum atomic E-state index is 13.2. The van der Waals surface area contributed by atoms with Gasteiger partial charge in [0.1, 0.15) is 35.5 Å². The molecule has 0 spiro atoms. The third-order valence-electron chi connectivity index (χ3n) is 6.00. The van der Waals surface area contributed by atoms with Gasteiger partial charge in [0.2, 0.25) is 0 Å². The van der Waals surface area contributed by atoms with Gasteiger partial charge < -0.3 is 28.8 Å². The minimum absolute atomic E-state index is 0.0979. The van der Waals surface area contributed by atoms with Gasteiger partial charge in [-0.2, -0.15) is 0 Å². The van der Waals surface area contributed by atoms with Crippen LogP contribution in [0.1, 0.15) is 21.5 Å². The number of aliphatic hydroxyl groups is 2. The number of aryl methyl sites for hydroxylation is 1. The number of carbonyl (C=O) groups excluding carboxylic acids is 1. The molecular formula is C29H28O8. The van der Waals surface area contributed by atoms with Gasteiger partial charge in [0.15, 0.2) is 5.78 Å². The maximum Gasteiger partial charge on any atom is 0.339 e. The summed E-state index contributed by atoms with van der Waals surface area (Å²) >= 11 is 0. The Morgan fingerprint density at radius 3 is 2.54 bits per heavy atom. The SMILES string of the molecule is COc1cccc(-c2cc(C(=O)Cc3cc4cc(C)c(OCC(O)CO)cc4oc3=O)ccc2OC)c1. The minimum atomic E-state index is -1.02. The van der Waals surface area contributed by atoms with E-state index in [-0.39, 0.29) is 24.4 Å². The van der Waals surface area contributed by atoms with Crippen LogP contribution >= 0.6 is 0 Å². The lowest BCUT2D eigenvalue weighted by atomic mass is 9.97. The van der Waals surface area contributed by atoms with Crippen molar-refractivity contribution in [3.63, 3.8) is 0 Å². The van der Waals surface area contributed by atoms with Gasteiger partial charge in [-0.25, -0.2) is 4.79 Å². The molecule has 1 heterocycles. The maximum absolute atomic E-state index is 13.2. The highest BCUT2D eigenvalue weighted by atomic mass is 16.5. The van der Waals surface area contributed by atoms with Crippen molar-refractivity contribution >= 4 is 16.8 Å². The topological polar surface area (TPSA) is 115 Å². The summed E-state index contributed by atoms with van der Waals surface area (Å²) < 4.78 is 21.8. The monoisotopic (exact) mass is 504 g/mol. The van der Waals surface area contributed by atoms with Crippen LogP contribution in [-0.2, 0) is 6.42 Å². The highest BCUT2D eigenvalue weighted by molar-refractivity contribution is 5.99. The molecule has 0 saturated carbocycles. The summed E-state index contributed by atoms with van der Waals surface area (Å²) in [6.07, 6.45) is -1.15. The van der Waals surface area contributed by atoms with E-state index < -0.39 is 18.3 Å². The Bertz CT molecular complexity index is 1490. The van der Waals surface area contributed by atoms with Crippen LogP contribution in [0, 0.1) is 6.92 Å². The van der Waals surface area contributed by atoms with E-state index in [1.54, 1.807) is 50.6 Å². The van der Waals surface area contributed by atoms with Crippen molar-refractivity contribution in [2.24, 2.45) is 0 Å². The molecule has 2 N–H and O–H groups in total. The zero-order chi connectivity index (χ0) is 26.5. The number of ketones is 1. The van der Waals surface area contributed by atoms with Gasteiger partial charge in [0, 0.05) is 34.6 Å². The predicted molar refractivity (Wildman–Crippen MR) is 139 cm³/mol. The number of fused-ring (bicyclic) bond motifs is 1. The van der Waals surface area contributed by atoms with Crippen LogP contribution in [0.4, 0.5) is 0 Å². The Morgan fingerprint density at radius 1 is 1.00 bits per heavy atom. The van der Waals surface area contributed by atoms with Gasteiger partial charge in [-0.1, -0.05) is 12.1 Å². The van der Waals surface area contributed by atoms with Crippen molar-refractivity contribution in [1.29, 1.82) is 0 Å². The molecule has 4 rings (SSSR count). The van der Waals surface area contributed by atoms with Crippen LogP contribution in [0.5, 0.6) is 17.2 Å². The van der Waals surface area contributed by atoms with E-state index in [4.69, 9.17) is 23.7 Å². The van der Waals surface area contributed by atoms with E-state index in [9.17, 15) is 14.7 Å². The first kappa shape index (κ1) is 25.9. The largest absolute Gasteiger partial charge is 0.497 e. The summed E-state index contributed by atoms with van der Waals surface area (Å²) in [5.74, 6) is 1.47. The van der Waals surface area contributed by atoms with Crippen molar-refractivity contribution in [2.75, 3.05) is 27.4 Å². The van der Waals surface area contributed by atoms with Gasteiger partial charge in [-0.15, -0.1) is 0 Å². The van der Waals surface area contributed by atoms with Gasteiger partial charge in [-0.05, 0) is 60.5 Å². The summed E-state index contributed by atoms with van der Waals surface area (Å²) in [4.78, 5) is 25.9. The first-order valence-corrected chi connectivity index (χ1v) is 11.7. The van der Waals surface area contributed by atoms with Gasteiger partial charge in [0.25, 0.3) is 0 Å². The Hall–Kier alpha value is -4.14. The smallest absolute Gasteiger partial charge is 0.339 e. The van der Waals surface area contributed by atoms with Crippen molar-refractivity contribution in [3.05, 3.63) is 87.8 Å². The summed E-state index contributed by atoms with van der Waals surface area (Å²) in [6.45, 7) is 1.29.